The number of likely N-dealkylation sites (N-methyl/N-ethyl adjacent to an activating group) is 3. The van der Waals surface area contributed by atoms with Crippen LogP contribution in [0.5, 0.6) is 11.5 Å². The molecule has 368 valence electrons. The Labute approximate surface area is 405 Å². The van der Waals surface area contributed by atoms with E-state index in [1.54, 1.807) is 37.3 Å². The first kappa shape index (κ1) is 53.0. The number of aromatic nitrogens is 2. The quantitative estimate of drug-likeness (QED) is 0.0959. The Hall–Kier alpha value is -6.94. The van der Waals surface area contributed by atoms with Crippen molar-refractivity contribution in [2.45, 2.75) is 77.0 Å². The monoisotopic (exact) mass is 946 g/mol. The normalized spacial score (nSPS) is 16.6. The fourth-order valence-corrected chi connectivity index (χ4v) is 7.65. The van der Waals surface area contributed by atoms with E-state index in [4.69, 9.17) is 15.2 Å². The van der Waals surface area contributed by atoms with Crippen LogP contribution in [0.25, 0.3) is 22.5 Å². The van der Waals surface area contributed by atoms with Crippen molar-refractivity contribution in [1.29, 1.82) is 5.26 Å². The van der Waals surface area contributed by atoms with Gasteiger partial charge in [0, 0.05) is 49.4 Å². The van der Waals surface area contributed by atoms with Crippen LogP contribution < -0.4 is 36.5 Å². The second kappa shape index (κ2) is 23.9. The molecule has 4 aromatic rings. The molecule has 69 heavy (non-hydrogen) atoms. The van der Waals surface area contributed by atoms with Gasteiger partial charge < -0.3 is 51.2 Å². The fourth-order valence-electron chi connectivity index (χ4n) is 7.65. The van der Waals surface area contributed by atoms with E-state index in [-0.39, 0.29) is 36.9 Å². The molecular weight excluding hydrogens is 879 g/mol. The number of nitrogens with two attached hydrogens (primary N) is 1. The van der Waals surface area contributed by atoms with E-state index in [1.165, 1.54) is 25.1 Å². The molecule has 1 unspecified atom stereocenters. The molecule has 1 aliphatic heterocycles. The maximum Gasteiger partial charge on any atom is 0.255 e. The van der Waals surface area contributed by atoms with Crippen molar-refractivity contribution in [2.24, 2.45) is 5.73 Å². The molecule has 0 fully saturated rings. The van der Waals surface area contributed by atoms with Crippen molar-refractivity contribution in [2.75, 3.05) is 74.6 Å². The smallest absolute Gasteiger partial charge is 0.255 e. The lowest BCUT2D eigenvalue weighted by atomic mass is 9.87. The number of carbonyl (C=O) groups is 5. The summed E-state index contributed by atoms with van der Waals surface area (Å²) in [7, 11) is 9.15. The lowest BCUT2D eigenvalue weighted by Crippen LogP contribution is -2.56. The summed E-state index contributed by atoms with van der Waals surface area (Å²) in [5, 5.41) is 20.1. The van der Waals surface area contributed by atoms with Gasteiger partial charge >= 0.3 is 0 Å². The van der Waals surface area contributed by atoms with Crippen LogP contribution in [0.3, 0.4) is 0 Å². The summed E-state index contributed by atoms with van der Waals surface area (Å²) in [4.78, 5) is 85.1. The Bertz CT molecular complexity index is 2520. The zero-order valence-electron chi connectivity index (χ0n) is 41.4. The fraction of sp³-hybridized carbons (Fsp3) is 0.451. The molecular formula is C51H67N11O7. The van der Waals surface area contributed by atoms with Gasteiger partial charge in [0.2, 0.25) is 23.6 Å². The van der Waals surface area contributed by atoms with E-state index in [0.29, 0.717) is 71.6 Å². The predicted molar refractivity (Wildman–Crippen MR) is 263 cm³/mol. The Kier molecular flexibility index (Phi) is 18.3. The zero-order chi connectivity index (χ0) is 50.6. The van der Waals surface area contributed by atoms with Gasteiger partial charge in [0.1, 0.15) is 55.4 Å². The van der Waals surface area contributed by atoms with Crippen molar-refractivity contribution in [3.05, 3.63) is 94.8 Å². The number of nitrogens with one attached hydrogen (secondary N) is 4. The third kappa shape index (κ3) is 14.1. The minimum atomic E-state index is -1.38. The van der Waals surface area contributed by atoms with Crippen LogP contribution >= 0.6 is 0 Å². The highest BCUT2D eigenvalue weighted by atomic mass is 16.5. The van der Waals surface area contributed by atoms with Crippen molar-refractivity contribution in [1.82, 2.24) is 45.9 Å². The molecule has 2 heterocycles. The molecule has 1 aliphatic rings. The molecule has 0 spiro atoms. The van der Waals surface area contributed by atoms with Gasteiger partial charge in [-0.15, -0.1) is 0 Å². The number of aryl methyl sites for hydroxylation is 1. The van der Waals surface area contributed by atoms with E-state index < -0.39 is 53.7 Å². The van der Waals surface area contributed by atoms with Gasteiger partial charge in [-0.25, -0.2) is 9.97 Å². The number of nitriles is 1. The lowest BCUT2D eigenvalue weighted by molar-refractivity contribution is -0.141. The molecule has 4 bridgehead atoms. The highest BCUT2D eigenvalue weighted by Gasteiger charge is 2.36. The number of amides is 5. The van der Waals surface area contributed by atoms with E-state index in [9.17, 15) is 29.2 Å². The van der Waals surface area contributed by atoms with Crippen LogP contribution in [0.4, 0.5) is 0 Å². The molecule has 0 radical (unpaired) electrons. The summed E-state index contributed by atoms with van der Waals surface area (Å²) in [5.74, 6) is -1.89. The third-order valence-corrected chi connectivity index (χ3v) is 11.7. The molecule has 18 nitrogen and oxygen atoms in total. The molecule has 3 aromatic carbocycles. The van der Waals surface area contributed by atoms with E-state index in [1.807, 2.05) is 74.4 Å². The van der Waals surface area contributed by atoms with Crippen LogP contribution in [0.15, 0.2) is 66.9 Å². The first-order valence-corrected chi connectivity index (χ1v) is 23.0. The third-order valence-electron chi connectivity index (χ3n) is 11.7. The lowest BCUT2D eigenvalue weighted by Gasteiger charge is -2.32. The molecule has 18 heteroatoms. The summed E-state index contributed by atoms with van der Waals surface area (Å²) < 4.78 is 12.8. The first-order chi connectivity index (χ1) is 32.7. The highest BCUT2D eigenvalue weighted by Crippen LogP contribution is 2.40. The molecule has 0 aliphatic carbocycles. The number of hydrogen-bond donors (Lipinski definition) is 5. The van der Waals surface area contributed by atoms with Crippen LogP contribution in [-0.2, 0) is 31.0 Å². The second-order valence-electron chi connectivity index (χ2n) is 18.7. The zero-order valence-corrected chi connectivity index (χ0v) is 41.4. The average Bonchev–Trinajstić information content (AvgIpc) is 3.30. The van der Waals surface area contributed by atoms with Gasteiger partial charge in [-0.05, 0) is 101 Å². The summed E-state index contributed by atoms with van der Waals surface area (Å²) >= 11 is 0. The number of ether oxygens (including phenoxy) is 2. The summed E-state index contributed by atoms with van der Waals surface area (Å²) in [6.07, 6.45) is 1.46. The first-order valence-electron chi connectivity index (χ1n) is 23.0. The molecule has 0 saturated carbocycles. The largest absolute Gasteiger partial charge is 0.492 e. The number of hydrogen-bond acceptors (Lipinski definition) is 13. The highest BCUT2D eigenvalue weighted by molar-refractivity contribution is 6.00. The number of fused-ring (bicyclic) bond motifs is 5. The van der Waals surface area contributed by atoms with Crippen molar-refractivity contribution in [3.8, 4) is 40.1 Å². The van der Waals surface area contributed by atoms with Gasteiger partial charge in [0.25, 0.3) is 5.91 Å². The Morgan fingerprint density at radius 3 is 2.10 bits per heavy atom. The molecule has 1 aromatic heterocycles. The second-order valence-corrected chi connectivity index (χ2v) is 18.7. The maximum atomic E-state index is 14.8. The number of benzene rings is 3. The van der Waals surface area contributed by atoms with E-state index in [2.05, 4.69) is 52.0 Å². The van der Waals surface area contributed by atoms with Gasteiger partial charge in [0.15, 0.2) is 5.82 Å². The van der Waals surface area contributed by atoms with Gasteiger partial charge in [-0.3, -0.25) is 24.0 Å². The Morgan fingerprint density at radius 1 is 0.899 bits per heavy atom. The van der Waals surface area contributed by atoms with Crippen molar-refractivity contribution < 1.29 is 33.4 Å². The van der Waals surface area contributed by atoms with Crippen LogP contribution in [-0.4, -0.2) is 147 Å². The summed E-state index contributed by atoms with van der Waals surface area (Å²) in [6, 6.07) is 15.5. The molecule has 4 atom stereocenters. The number of nitrogens with zero attached hydrogens (tertiary/aromatic N) is 6. The van der Waals surface area contributed by atoms with Crippen molar-refractivity contribution >= 4 is 29.5 Å². The standard InChI is InChI=1S/C51H67N11O7/c1-31-39(30-55-45(56-31)34-12-15-36(16-13-34)51(3,4)5)47(64)58-40(19-20-52)50(67)62(10)44-35-14-18-43(69-26-24-61(8)9)38(29-35)37-27-33(11-17-42(37)68-25-23-60(6)7)28-41(48(65)54-22-21-53)59-46(63)32(2)57-49(44)66/h11-18,27,29-30,32,40-41,44H,19-20,22-26,28,52H2,1-10H3,(H,54,65)(H,57,66)(H,58,64)(H,59,63)/t32-,40?,41-,44-/m0/s1. The predicted octanol–water partition coefficient (Wildman–Crippen LogP) is 3.13. The number of rotatable bonds is 17. The van der Waals surface area contributed by atoms with Gasteiger partial charge in [-0.2, -0.15) is 5.26 Å². The SMILES string of the molecule is Cc1nc(-c2ccc(C(C)(C)C)cc2)ncc1C(=O)NC(CCN)C(=O)N(C)[C@@H]1C(=O)N[C@@H](C)C(=O)N[C@H](C(=O)NCC#N)Cc2ccc(OCCN(C)C)c(c2)-c2cc1ccc2OCCN(C)C. The Balaban J connectivity index is 1.58. The molecule has 5 amide bonds. The van der Waals surface area contributed by atoms with Gasteiger partial charge in [-0.1, -0.05) is 57.2 Å². The topological polar surface area (TPSA) is 237 Å². The van der Waals surface area contributed by atoms with E-state index >= 15 is 0 Å². The van der Waals surface area contributed by atoms with Crippen LogP contribution in [0.2, 0.25) is 0 Å². The molecule has 5 rings (SSSR count). The maximum absolute atomic E-state index is 14.8. The minimum Gasteiger partial charge on any atom is -0.492 e. The van der Waals surface area contributed by atoms with Crippen LogP contribution in [0, 0.1) is 18.3 Å². The molecule has 6 N–H and O–H groups in total. The minimum absolute atomic E-state index is 0.0107. The van der Waals surface area contributed by atoms with Crippen molar-refractivity contribution in [3.63, 3.8) is 0 Å². The summed E-state index contributed by atoms with van der Waals surface area (Å²) in [5.41, 5.74) is 10.6. The number of carbonyl (C=O) groups excluding carboxylic acids is 5. The van der Waals surface area contributed by atoms with E-state index in [0.717, 1.165) is 11.1 Å². The van der Waals surface area contributed by atoms with Crippen LogP contribution in [0.1, 0.15) is 72.9 Å². The molecule has 0 saturated heterocycles. The summed E-state index contributed by atoms with van der Waals surface area (Å²) in [6.45, 7) is 11.1. The van der Waals surface area contributed by atoms with Gasteiger partial charge in [0.05, 0.1) is 17.3 Å². The Morgan fingerprint density at radius 2 is 1.52 bits per heavy atom. The average molecular weight is 946 g/mol.